The number of benzene rings is 4. The molecule has 4 aromatic carbocycles. The largest absolute Gasteiger partial charge is 0.457 e. The fraction of sp³-hybridized carbons (Fsp3) is 0.143. The van der Waals surface area contributed by atoms with Gasteiger partial charge in [-0.3, -0.25) is 0 Å². The first-order valence-corrected chi connectivity index (χ1v) is 16.2. The summed E-state index contributed by atoms with van der Waals surface area (Å²) in [6.45, 7) is 11.7. The lowest BCUT2D eigenvalue weighted by Crippen LogP contribution is -2.10. The summed E-state index contributed by atoms with van der Waals surface area (Å²) in [5, 5.41) is 0. The summed E-state index contributed by atoms with van der Waals surface area (Å²) in [4.78, 5) is 48.2. The fourth-order valence-electron chi connectivity index (χ4n) is 5.11. The standard InChI is InChI=1S/C42H36O10/c1-26(2)41(45)49-24-47-31-12-6-29(7-13-31)10-20-39(43)51-33-16-18-35-36-19-17-34(23-38(36)28(5)37(35)22-33)52-40(44)21-11-30-8-14-32(15-9-30)48-25-50-42(46)27(3)4/h6-23,28H,1,3,24-25H2,2,4-5H3. The van der Waals surface area contributed by atoms with E-state index in [1.807, 2.05) is 31.2 Å². The Morgan fingerprint density at radius 2 is 0.942 bits per heavy atom. The third-order valence-corrected chi connectivity index (χ3v) is 7.82. The van der Waals surface area contributed by atoms with Crippen LogP contribution in [-0.2, 0) is 28.7 Å². The van der Waals surface area contributed by atoms with E-state index in [9.17, 15) is 19.2 Å². The number of fused-ring (bicyclic) bond motifs is 3. The molecule has 0 aliphatic heterocycles. The molecule has 1 aliphatic rings. The van der Waals surface area contributed by atoms with E-state index in [4.69, 9.17) is 28.4 Å². The maximum absolute atomic E-state index is 12.6. The van der Waals surface area contributed by atoms with E-state index in [0.717, 1.165) is 33.4 Å². The minimum Gasteiger partial charge on any atom is -0.457 e. The highest BCUT2D eigenvalue weighted by molar-refractivity contribution is 5.90. The summed E-state index contributed by atoms with van der Waals surface area (Å²) in [6, 6.07) is 24.8. The van der Waals surface area contributed by atoms with Gasteiger partial charge in [0.25, 0.3) is 0 Å². The van der Waals surface area contributed by atoms with Gasteiger partial charge in [-0.25, -0.2) is 19.2 Å². The number of rotatable bonds is 14. The molecule has 0 spiro atoms. The number of esters is 4. The molecule has 0 amide bonds. The molecule has 0 fully saturated rings. The Bertz CT molecular complexity index is 1920. The van der Waals surface area contributed by atoms with E-state index in [1.165, 1.54) is 12.2 Å². The highest BCUT2D eigenvalue weighted by atomic mass is 16.7. The fourth-order valence-corrected chi connectivity index (χ4v) is 5.11. The minimum atomic E-state index is -0.539. The topological polar surface area (TPSA) is 124 Å². The van der Waals surface area contributed by atoms with Crippen LogP contribution in [0.4, 0.5) is 0 Å². The van der Waals surface area contributed by atoms with Gasteiger partial charge in [0.05, 0.1) is 0 Å². The molecule has 0 radical (unpaired) electrons. The van der Waals surface area contributed by atoms with E-state index in [1.54, 1.807) is 86.7 Å². The molecule has 0 N–H and O–H groups in total. The van der Waals surface area contributed by atoms with Crippen molar-refractivity contribution in [3.8, 4) is 34.1 Å². The Morgan fingerprint density at radius 3 is 1.31 bits per heavy atom. The Hall–Kier alpha value is -6.68. The highest BCUT2D eigenvalue weighted by Crippen LogP contribution is 2.47. The van der Waals surface area contributed by atoms with Crippen LogP contribution in [0.5, 0.6) is 23.0 Å². The first-order chi connectivity index (χ1) is 25.0. The summed E-state index contributed by atoms with van der Waals surface area (Å²) in [5.74, 6) is -0.374. The molecule has 10 nitrogen and oxygen atoms in total. The van der Waals surface area contributed by atoms with Gasteiger partial charge in [-0.1, -0.05) is 56.5 Å². The van der Waals surface area contributed by atoms with Gasteiger partial charge in [0.15, 0.2) is 0 Å². The molecule has 0 unspecified atom stereocenters. The molecule has 1 aliphatic carbocycles. The average Bonchev–Trinajstić information content (AvgIpc) is 3.40. The highest BCUT2D eigenvalue weighted by Gasteiger charge is 2.27. The number of carbonyl (C=O) groups excluding carboxylic acids is 4. The summed E-state index contributed by atoms with van der Waals surface area (Å²) >= 11 is 0. The SMILES string of the molecule is C=C(C)C(=O)OCOc1ccc(C=CC(=O)Oc2ccc3c(c2)C(C)c2cc(OC(=O)C=Cc4ccc(OCOC(=O)C(=C)C)cc4)ccc2-3)cc1. The third-order valence-electron chi connectivity index (χ3n) is 7.82. The molecule has 0 saturated heterocycles. The Morgan fingerprint density at radius 1 is 0.577 bits per heavy atom. The lowest BCUT2D eigenvalue weighted by atomic mass is 9.99. The number of hydrogen-bond donors (Lipinski definition) is 0. The van der Waals surface area contributed by atoms with Crippen LogP contribution < -0.4 is 18.9 Å². The molecule has 0 bridgehead atoms. The quantitative estimate of drug-likeness (QED) is 0.0554. The van der Waals surface area contributed by atoms with Crippen molar-refractivity contribution in [3.05, 3.63) is 144 Å². The number of hydrogen-bond acceptors (Lipinski definition) is 10. The van der Waals surface area contributed by atoms with Crippen molar-refractivity contribution in [2.45, 2.75) is 26.7 Å². The van der Waals surface area contributed by atoms with Gasteiger partial charge in [-0.05, 0) is 108 Å². The van der Waals surface area contributed by atoms with Gasteiger partial charge < -0.3 is 28.4 Å². The zero-order chi connectivity index (χ0) is 37.2. The van der Waals surface area contributed by atoms with E-state index in [0.29, 0.717) is 23.0 Å². The van der Waals surface area contributed by atoms with E-state index in [2.05, 4.69) is 13.2 Å². The van der Waals surface area contributed by atoms with Crippen molar-refractivity contribution in [1.82, 2.24) is 0 Å². The molecular weight excluding hydrogens is 664 g/mol. The van der Waals surface area contributed by atoms with E-state index in [-0.39, 0.29) is 30.6 Å². The zero-order valence-corrected chi connectivity index (χ0v) is 28.9. The van der Waals surface area contributed by atoms with Gasteiger partial charge in [0, 0.05) is 29.2 Å². The van der Waals surface area contributed by atoms with E-state index < -0.39 is 23.9 Å². The van der Waals surface area contributed by atoms with Gasteiger partial charge in [0.2, 0.25) is 13.6 Å². The van der Waals surface area contributed by atoms with Crippen LogP contribution in [0.2, 0.25) is 0 Å². The summed E-state index contributed by atoms with van der Waals surface area (Å²) in [6.07, 6.45) is 5.91. The first-order valence-electron chi connectivity index (χ1n) is 16.2. The molecule has 0 heterocycles. The maximum Gasteiger partial charge on any atom is 0.336 e. The molecule has 0 aromatic heterocycles. The lowest BCUT2D eigenvalue weighted by Gasteiger charge is -2.09. The zero-order valence-electron chi connectivity index (χ0n) is 28.9. The van der Waals surface area contributed by atoms with Gasteiger partial charge in [-0.15, -0.1) is 0 Å². The maximum atomic E-state index is 12.6. The molecule has 10 heteroatoms. The smallest absolute Gasteiger partial charge is 0.336 e. The van der Waals surface area contributed by atoms with Crippen LogP contribution in [0.25, 0.3) is 23.3 Å². The molecular formula is C42H36O10. The molecule has 0 saturated carbocycles. The number of ether oxygens (including phenoxy) is 6. The second-order valence-electron chi connectivity index (χ2n) is 11.8. The lowest BCUT2D eigenvalue weighted by molar-refractivity contribution is -0.146. The first kappa shape index (κ1) is 36.6. The van der Waals surface area contributed by atoms with Crippen LogP contribution in [-0.4, -0.2) is 37.5 Å². The second-order valence-corrected chi connectivity index (χ2v) is 11.8. The molecule has 5 rings (SSSR count). The average molecular weight is 701 g/mol. The van der Waals surface area contributed by atoms with Crippen molar-refractivity contribution in [1.29, 1.82) is 0 Å². The van der Waals surface area contributed by atoms with Crippen LogP contribution in [0.3, 0.4) is 0 Å². The van der Waals surface area contributed by atoms with Crippen LogP contribution in [0.15, 0.2) is 121 Å². The monoisotopic (exact) mass is 700 g/mol. The number of carbonyl (C=O) groups is 4. The normalized spacial score (nSPS) is 12.8. The molecule has 4 aromatic rings. The second kappa shape index (κ2) is 16.8. The van der Waals surface area contributed by atoms with Crippen molar-refractivity contribution in [2.75, 3.05) is 13.6 Å². The Kier molecular flexibility index (Phi) is 11.8. The third kappa shape index (κ3) is 9.72. The van der Waals surface area contributed by atoms with Gasteiger partial charge >= 0.3 is 23.9 Å². The molecule has 264 valence electrons. The predicted octanol–water partition coefficient (Wildman–Crippen LogP) is 7.97. The summed E-state index contributed by atoms with van der Waals surface area (Å²) in [7, 11) is 0. The van der Waals surface area contributed by atoms with Crippen LogP contribution in [0, 0.1) is 0 Å². The Balaban J connectivity index is 1.12. The van der Waals surface area contributed by atoms with Gasteiger partial charge in [-0.2, -0.15) is 0 Å². The van der Waals surface area contributed by atoms with E-state index >= 15 is 0 Å². The Labute approximate surface area is 301 Å². The van der Waals surface area contributed by atoms with Gasteiger partial charge in [0.1, 0.15) is 23.0 Å². The minimum absolute atomic E-state index is 0.0384. The van der Waals surface area contributed by atoms with Crippen molar-refractivity contribution >= 4 is 36.0 Å². The predicted molar refractivity (Wildman–Crippen MR) is 194 cm³/mol. The van der Waals surface area contributed by atoms with Crippen LogP contribution >= 0.6 is 0 Å². The molecule has 52 heavy (non-hydrogen) atoms. The van der Waals surface area contributed by atoms with Crippen molar-refractivity contribution in [3.63, 3.8) is 0 Å². The summed E-state index contributed by atoms with van der Waals surface area (Å²) < 4.78 is 31.8. The van der Waals surface area contributed by atoms with Crippen LogP contribution in [0.1, 0.15) is 48.9 Å². The van der Waals surface area contributed by atoms with Crippen molar-refractivity contribution in [2.24, 2.45) is 0 Å². The van der Waals surface area contributed by atoms with Crippen molar-refractivity contribution < 1.29 is 47.6 Å². The molecule has 0 atom stereocenters. The summed E-state index contributed by atoms with van der Waals surface area (Å²) in [5.41, 5.74) is 6.04.